The van der Waals surface area contributed by atoms with E-state index in [1.807, 2.05) is 0 Å². The SMILES string of the molecule is COC(=O)[C@@]1(Sc2nc3ccccc3o2)C[C@H](OC(C)=O)[C@@H](NC(=O)C(F)(F)F)[C@H]([C@@H](OC(C)=O)[C@@H](COC(C)=O)OC(C)=O)O1. The number of hydrogen-bond acceptors (Lipinski definition) is 15. The van der Waals surface area contributed by atoms with Gasteiger partial charge in [0.1, 0.15) is 24.3 Å². The molecule has 1 aliphatic rings. The van der Waals surface area contributed by atoms with Crippen LogP contribution in [-0.4, -0.2) is 96.0 Å². The molecule has 1 aromatic heterocycles. The zero-order valence-corrected chi connectivity index (χ0v) is 25.7. The number of fused-ring (bicyclic) bond motifs is 1. The van der Waals surface area contributed by atoms with Crippen LogP contribution in [0.3, 0.4) is 0 Å². The first-order chi connectivity index (χ1) is 21.5. The van der Waals surface area contributed by atoms with Gasteiger partial charge in [0.15, 0.2) is 17.8 Å². The summed E-state index contributed by atoms with van der Waals surface area (Å²) in [5.74, 6) is -7.77. The van der Waals surface area contributed by atoms with Crippen molar-refractivity contribution in [2.24, 2.45) is 0 Å². The molecule has 0 aliphatic carbocycles. The van der Waals surface area contributed by atoms with Gasteiger partial charge in [-0.15, -0.1) is 0 Å². The molecule has 1 fully saturated rings. The van der Waals surface area contributed by atoms with Crippen molar-refractivity contribution in [3.63, 3.8) is 0 Å². The van der Waals surface area contributed by atoms with Gasteiger partial charge < -0.3 is 38.2 Å². The molecule has 19 heteroatoms. The van der Waals surface area contributed by atoms with Crippen molar-refractivity contribution in [1.82, 2.24) is 10.3 Å². The van der Waals surface area contributed by atoms with E-state index in [0.29, 0.717) is 17.3 Å². The first-order valence-electron chi connectivity index (χ1n) is 13.3. The predicted molar refractivity (Wildman–Crippen MR) is 145 cm³/mol. The van der Waals surface area contributed by atoms with Crippen LogP contribution in [0.1, 0.15) is 34.1 Å². The third-order valence-electron chi connectivity index (χ3n) is 6.21. The number of rotatable bonds is 11. The van der Waals surface area contributed by atoms with Crippen LogP contribution >= 0.6 is 11.8 Å². The largest absolute Gasteiger partial charge is 0.471 e. The zero-order valence-electron chi connectivity index (χ0n) is 24.9. The summed E-state index contributed by atoms with van der Waals surface area (Å²) in [5, 5.41) is 1.46. The molecule has 1 saturated heterocycles. The molecule has 0 unspecified atom stereocenters. The van der Waals surface area contributed by atoms with E-state index in [0.717, 1.165) is 34.8 Å². The molecule has 3 rings (SSSR count). The summed E-state index contributed by atoms with van der Waals surface area (Å²) < 4.78 is 78.1. The Morgan fingerprint density at radius 1 is 1.02 bits per heavy atom. The topological polar surface area (TPSA) is 196 Å². The van der Waals surface area contributed by atoms with E-state index in [1.54, 1.807) is 29.6 Å². The van der Waals surface area contributed by atoms with Gasteiger partial charge in [-0.3, -0.25) is 24.0 Å². The summed E-state index contributed by atoms with van der Waals surface area (Å²) >= 11 is 0.477. The van der Waals surface area contributed by atoms with Gasteiger partial charge in [-0.2, -0.15) is 13.2 Å². The van der Waals surface area contributed by atoms with Crippen molar-refractivity contribution in [3.05, 3.63) is 24.3 Å². The third-order valence-corrected chi connectivity index (χ3v) is 7.32. The summed E-state index contributed by atoms with van der Waals surface area (Å²) in [6, 6.07) is 4.40. The lowest BCUT2D eigenvalue weighted by atomic mass is 9.89. The molecule has 0 spiro atoms. The Morgan fingerprint density at radius 2 is 1.67 bits per heavy atom. The summed E-state index contributed by atoms with van der Waals surface area (Å²) in [5.41, 5.74) is 0.622. The van der Waals surface area contributed by atoms with E-state index in [2.05, 4.69) is 4.98 Å². The lowest BCUT2D eigenvalue weighted by Gasteiger charge is -2.48. The quantitative estimate of drug-likeness (QED) is 0.267. The minimum Gasteiger partial charge on any atom is -0.466 e. The number of nitrogens with zero attached hydrogens (tertiary/aromatic N) is 1. The molecular formula is C27H29F3N2O13S. The fraction of sp³-hybridized carbons (Fsp3) is 0.519. The Morgan fingerprint density at radius 3 is 2.22 bits per heavy atom. The molecule has 46 heavy (non-hydrogen) atoms. The number of oxazole rings is 1. The second-order valence-electron chi connectivity index (χ2n) is 9.75. The Balaban J connectivity index is 2.26. The summed E-state index contributed by atoms with van der Waals surface area (Å²) in [6.07, 6.45) is -13.9. The molecule has 2 aromatic rings. The molecule has 6 atom stereocenters. The van der Waals surface area contributed by atoms with Gasteiger partial charge in [0.25, 0.3) is 5.22 Å². The van der Waals surface area contributed by atoms with Gasteiger partial charge in [0, 0.05) is 34.1 Å². The highest BCUT2D eigenvalue weighted by molar-refractivity contribution is 8.01. The molecule has 1 aliphatic heterocycles. The van der Waals surface area contributed by atoms with Gasteiger partial charge in [0.2, 0.25) is 4.93 Å². The number of methoxy groups -OCH3 is 1. The molecule has 1 aromatic carbocycles. The number of benzene rings is 1. The highest BCUT2D eigenvalue weighted by atomic mass is 32.2. The molecular weight excluding hydrogens is 649 g/mol. The lowest BCUT2D eigenvalue weighted by molar-refractivity contribution is -0.226. The number of esters is 5. The van der Waals surface area contributed by atoms with Gasteiger partial charge in [-0.25, -0.2) is 9.78 Å². The van der Waals surface area contributed by atoms with Gasteiger partial charge >= 0.3 is 41.9 Å². The highest BCUT2D eigenvalue weighted by Crippen LogP contribution is 2.46. The number of amides is 1. The molecule has 0 saturated carbocycles. The molecule has 0 radical (unpaired) electrons. The van der Waals surface area contributed by atoms with Crippen LogP contribution in [-0.2, 0) is 57.2 Å². The normalized spacial score (nSPS) is 22.6. The number of para-hydroxylation sites is 2. The van der Waals surface area contributed by atoms with Crippen LogP contribution in [0.25, 0.3) is 11.1 Å². The lowest BCUT2D eigenvalue weighted by Crippen LogP contribution is -2.68. The second-order valence-corrected chi connectivity index (χ2v) is 11.0. The Bertz CT molecular complexity index is 1450. The van der Waals surface area contributed by atoms with Crippen molar-refractivity contribution in [2.75, 3.05) is 13.7 Å². The number of nitrogens with one attached hydrogen (secondary N) is 1. The standard InChI is InChI=1S/C27H29F3N2O13S/c1-12(33)40-11-19(42-14(3)35)21(43-15(4)36)22-20(32-23(37)27(28,29)30)18(41-13(2)34)10-26(45-22,24(38)39-5)46-25-31-16-8-6-7-9-17(16)44-25/h6-9,18-22H,10-11H2,1-5H3,(H,32,37)/t18-,19+,20+,21-,22+,26-/m0/s1. The van der Waals surface area contributed by atoms with E-state index in [4.69, 9.17) is 32.8 Å². The van der Waals surface area contributed by atoms with Crippen molar-refractivity contribution >= 4 is 58.6 Å². The second kappa shape index (κ2) is 14.8. The first-order valence-corrected chi connectivity index (χ1v) is 14.1. The average molecular weight is 679 g/mol. The molecule has 1 amide bonds. The van der Waals surface area contributed by atoms with E-state index in [9.17, 15) is 41.9 Å². The fourth-order valence-corrected chi connectivity index (χ4v) is 5.67. The molecule has 15 nitrogen and oxygen atoms in total. The van der Waals surface area contributed by atoms with E-state index < -0.39 is 90.3 Å². The minimum absolute atomic E-state index is 0.204. The fourth-order valence-electron chi connectivity index (χ4n) is 4.54. The smallest absolute Gasteiger partial charge is 0.466 e. The number of halogens is 3. The van der Waals surface area contributed by atoms with E-state index in [1.165, 1.54) is 0 Å². The van der Waals surface area contributed by atoms with Gasteiger partial charge in [0.05, 0.1) is 13.2 Å². The summed E-state index contributed by atoms with van der Waals surface area (Å²) in [6.45, 7) is 2.89. The van der Waals surface area contributed by atoms with Crippen molar-refractivity contribution in [2.45, 2.75) is 80.9 Å². The van der Waals surface area contributed by atoms with Crippen molar-refractivity contribution in [1.29, 1.82) is 0 Å². The Kier molecular flexibility index (Phi) is 11.6. The van der Waals surface area contributed by atoms with E-state index >= 15 is 0 Å². The predicted octanol–water partition coefficient (Wildman–Crippen LogP) is 1.98. The van der Waals surface area contributed by atoms with Crippen molar-refractivity contribution in [3.8, 4) is 0 Å². The number of alkyl halides is 3. The highest BCUT2D eigenvalue weighted by Gasteiger charge is 2.60. The van der Waals surface area contributed by atoms with Crippen LogP contribution in [0, 0.1) is 0 Å². The maximum atomic E-state index is 13.5. The Hall–Kier alpha value is -4.39. The number of hydrogen-bond donors (Lipinski definition) is 1. The maximum absolute atomic E-state index is 13.5. The minimum atomic E-state index is -5.47. The molecule has 0 bridgehead atoms. The maximum Gasteiger partial charge on any atom is 0.471 e. The average Bonchev–Trinajstić information content (AvgIpc) is 3.35. The van der Waals surface area contributed by atoms with Gasteiger partial charge in [-0.05, 0) is 23.9 Å². The number of thioether (sulfide) groups is 1. The number of ether oxygens (including phenoxy) is 6. The van der Waals surface area contributed by atoms with Crippen LogP contribution in [0.2, 0.25) is 0 Å². The van der Waals surface area contributed by atoms with Crippen LogP contribution in [0.4, 0.5) is 13.2 Å². The first kappa shape index (κ1) is 36.1. The summed E-state index contributed by atoms with van der Waals surface area (Å²) in [7, 11) is 0.958. The molecule has 1 N–H and O–H groups in total. The number of carbonyl (C=O) groups is 6. The summed E-state index contributed by atoms with van der Waals surface area (Å²) in [4.78, 5) is 75.8. The number of carbonyl (C=O) groups excluding carboxylic acids is 6. The van der Waals surface area contributed by atoms with E-state index in [-0.39, 0.29) is 10.8 Å². The monoisotopic (exact) mass is 678 g/mol. The van der Waals surface area contributed by atoms with Crippen LogP contribution < -0.4 is 5.32 Å². The molecule has 2 heterocycles. The molecule has 252 valence electrons. The Labute approximate surface area is 262 Å². The van der Waals surface area contributed by atoms with Crippen LogP contribution in [0.5, 0.6) is 0 Å². The third kappa shape index (κ3) is 9.09. The zero-order chi connectivity index (χ0) is 34.4. The van der Waals surface area contributed by atoms with Crippen LogP contribution in [0.15, 0.2) is 33.9 Å². The number of aromatic nitrogens is 1. The van der Waals surface area contributed by atoms with Gasteiger partial charge in [-0.1, -0.05) is 12.1 Å². The van der Waals surface area contributed by atoms with Crippen molar-refractivity contribution < 1.29 is 74.8 Å².